The molecule has 1 unspecified atom stereocenters. The number of benzene rings is 1. The van der Waals surface area contributed by atoms with Crippen molar-refractivity contribution in [3.63, 3.8) is 0 Å². The van der Waals surface area contributed by atoms with E-state index in [9.17, 15) is 14.7 Å². The Morgan fingerprint density at radius 3 is 2.58 bits per heavy atom. The van der Waals surface area contributed by atoms with Gasteiger partial charge in [-0.2, -0.15) is 0 Å². The number of nitrogens with zero attached hydrogens (tertiary/aromatic N) is 2. The summed E-state index contributed by atoms with van der Waals surface area (Å²) < 4.78 is 0.862. The van der Waals surface area contributed by atoms with Crippen molar-refractivity contribution in [1.29, 1.82) is 0 Å². The van der Waals surface area contributed by atoms with Crippen molar-refractivity contribution in [3.8, 4) is 0 Å². The Kier molecular flexibility index (Phi) is 5.52. The number of rotatable bonds is 5. The van der Waals surface area contributed by atoms with Gasteiger partial charge < -0.3 is 10.0 Å². The molecule has 1 N–H and O–H groups in total. The van der Waals surface area contributed by atoms with Crippen LogP contribution in [0.25, 0.3) is 5.76 Å². The Bertz CT molecular complexity index is 847. The molecule has 0 saturated carbocycles. The third kappa shape index (κ3) is 3.42. The van der Waals surface area contributed by atoms with E-state index >= 15 is 0 Å². The van der Waals surface area contributed by atoms with Crippen LogP contribution in [0.2, 0.25) is 0 Å². The molecule has 1 amide bonds. The molecule has 1 fully saturated rings. The summed E-state index contributed by atoms with van der Waals surface area (Å²) in [6.07, 6.45) is 4.94. The summed E-state index contributed by atoms with van der Waals surface area (Å²) in [5, 5.41) is 10.8. The predicted molar refractivity (Wildman–Crippen MR) is 102 cm³/mol. The molecule has 1 saturated heterocycles. The van der Waals surface area contributed by atoms with Crippen molar-refractivity contribution >= 4 is 33.4 Å². The van der Waals surface area contributed by atoms with Crippen LogP contribution in [-0.4, -0.2) is 33.2 Å². The Labute approximate surface area is 160 Å². The number of hydrogen-bond donors (Lipinski definition) is 1. The smallest absolute Gasteiger partial charge is 0.295 e. The lowest BCUT2D eigenvalue weighted by Crippen LogP contribution is -2.30. The van der Waals surface area contributed by atoms with E-state index < -0.39 is 17.7 Å². The van der Waals surface area contributed by atoms with Crippen molar-refractivity contribution in [1.82, 2.24) is 9.88 Å². The van der Waals surface area contributed by atoms with E-state index in [1.165, 1.54) is 4.90 Å². The highest BCUT2D eigenvalue weighted by Crippen LogP contribution is 2.39. The maximum absolute atomic E-state index is 12.7. The van der Waals surface area contributed by atoms with Gasteiger partial charge in [0.05, 0.1) is 11.6 Å². The number of aliphatic hydroxyl groups excluding tert-OH is 1. The van der Waals surface area contributed by atoms with Gasteiger partial charge in [0.25, 0.3) is 11.7 Å². The van der Waals surface area contributed by atoms with Crippen LogP contribution >= 0.6 is 15.9 Å². The highest BCUT2D eigenvalue weighted by molar-refractivity contribution is 9.10. The van der Waals surface area contributed by atoms with Gasteiger partial charge in [0, 0.05) is 29.0 Å². The molecule has 2 aromatic rings. The second-order valence-electron chi connectivity index (χ2n) is 6.14. The number of likely N-dealkylation sites (tertiary alicyclic amines) is 1. The van der Waals surface area contributed by atoms with Crippen molar-refractivity contribution in [2.24, 2.45) is 0 Å². The molecule has 1 aromatic heterocycles. The summed E-state index contributed by atoms with van der Waals surface area (Å²) in [7, 11) is 0. The number of Topliss-reactive ketones (excluding diaryl/α,β-unsaturated/α-hetero) is 1. The lowest BCUT2D eigenvalue weighted by atomic mass is 9.96. The number of carbonyl (C=O) groups is 2. The largest absolute Gasteiger partial charge is 0.507 e. The monoisotopic (exact) mass is 414 g/mol. The lowest BCUT2D eigenvalue weighted by molar-refractivity contribution is -0.139. The van der Waals surface area contributed by atoms with E-state index in [4.69, 9.17) is 0 Å². The first kappa shape index (κ1) is 18.3. The minimum absolute atomic E-state index is 0.112. The van der Waals surface area contributed by atoms with Crippen LogP contribution in [0.4, 0.5) is 0 Å². The highest BCUT2D eigenvalue weighted by Gasteiger charge is 2.45. The Morgan fingerprint density at radius 2 is 1.96 bits per heavy atom. The summed E-state index contributed by atoms with van der Waals surface area (Å²) in [5.41, 5.74) is 1.32. The van der Waals surface area contributed by atoms with E-state index in [0.717, 1.165) is 17.3 Å². The number of amides is 1. The van der Waals surface area contributed by atoms with Crippen LogP contribution in [0.3, 0.4) is 0 Å². The number of hydrogen-bond acceptors (Lipinski definition) is 4. The highest BCUT2D eigenvalue weighted by atomic mass is 79.9. The van der Waals surface area contributed by atoms with Crippen molar-refractivity contribution in [2.75, 3.05) is 6.54 Å². The first-order valence-electron chi connectivity index (χ1n) is 8.49. The number of ketones is 1. The van der Waals surface area contributed by atoms with Gasteiger partial charge in [-0.25, -0.2) is 0 Å². The number of unbranched alkanes of at least 4 members (excludes halogenated alkanes) is 1. The van der Waals surface area contributed by atoms with E-state index in [2.05, 4.69) is 20.9 Å². The van der Waals surface area contributed by atoms with Gasteiger partial charge >= 0.3 is 0 Å². The summed E-state index contributed by atoms with van der Waals surface area (Å²) in [6.45, 7) is 2.48. The van der Waals surface area contributed by atoms with Crippen molar-refractivity contribution in [2.45, 2.75) is 25.8 Å². The Morgan fingerprint density at radius 1 is 1.23 bits per heavy atom. The molecule has 0 radical (unpaired) electrons. The van der Waals surface area contributed by atoms with Crippen LogP contribution in [0.15, 0.2) is 58.8 Å². The normalized spacial score (nSPS) is 19.2. The average Bonchev–Trinajstić information content (AvgIpc) is 2.91. The molecule has 134 valence electrons. The van der Waals surface area contributed by atoms with Crippen LogP contribution in [0.5, 0.6) is 0 Å². The van der Waals surface area contributed by atoms with Crippen molar-refractivity contribution < 1.29 is 14.7 Å². The fraction of sp³-hybridized carbons (Fsp3) is 0.250. The molecule has 1 atom stereocenters. The molecule has 1 aliphatic rings. The molecule has 1 aromatic carbocycles. The maximum atomic E-state index is 12.7. The van der Waals surface area contributed by atoms with Crippen LogP contribution < -0.4 is 0 Å². The Balaban J connectivity index is 2.14. The molecule has 2 heterocycles. The van der Waals surface area contributed by atoms with E-state index in [0.29, 0.717) is 17.7 Å². The molecular weight excluding hydrogens is 396 g/mol. The molecule has 0 aliphatic carbocycles. The van der Waals surface area contributed by atoms with Crippen LogP contribution in [0, 0.1) is 0 Å². The van der Waals surface area contributed by atoms with Crippen molar-refractivity contribution in [3.05, 3.63) is 70.0 Å². The van der Waals surface area contributed by atoms with Gasteiger partial charge in [0.2, 0.25) is 0 Å². The zero-order valence-electron chi connectivity index (χ0n) is 14.4. The first-order valence-corrected chi connectivity index (χ1v) is 9.28. The average molecular weight is 415 g/mol. The standard InChI is InChI=1S/C20H19BrN2O3/c1-2-3-11-23-17(14-5-4-10-22-12-14)16(19(25)20(23)26)18(24)13-6-8-15(21)9-7-13/h4-10,12,17,24H,2-3,11H2,1H3/b18-16-. The topological polar surface area (TPSA) is 70.5 Å². The number of pyridine rings is 1. The first-order chi connectivity index (χ1) is 12.5. The second kappa shape index (κ2) is 7.83. The van der Waals surface area contributed by atoms with Crippen LogP contribution in [0.1, 0.15) is 36.9 Å². The van der Waals surface area contributed by atoms with Gasteiger partial charge in [-0.15, -0.1) is 0 Å². The third-order valence-corrected chi connectivity index (χ3v) is 4.94. The number of halogens is 1. The minimum Gasteiger partial charge on any atom is -0.507 e. The summed E-state index contributed by atoms with van der Waals surface area (Å²) in [5.74, 6) is -1.40. The van der Waals surface area contributed by atoms with E-state index in [1.807, 2.05) is 13.0 Å². The predicted octanol–water partition coefficient (Wildman–Crippen LogP) is 4.07. The molecular formula is C20H19BrN2O3. The molecule has 26 heavy (non-hydrogen) atoms. The van der Waals surface area contributed by atoms with Gasteiger partial charge in [0.15, 0.2) is 0 Å². The molecule has 5 nitrogen and oxygen atoms in total. The summed E-state index contributed by atoms with van der Waals surface area (Å²) >= 11 is 3.35. The summed E-state index contributed by atoms with van der Waals surface area (Å²) in [4.78, 5) is 31.0. The van der Waals surface area contributed by atoms with Gasteiger partial charge in [-0.1, -0.05) is 47.5 Å². The quantitative estimate of drug-likeness (QED) is 0.454. The zero-order chi connectivity index (χ0) is 18.7. The molecule has 0 bridgehead atoms. The summed E-state index contributed by atoms with van der Waals surface area (Å²) in [6, 6.07) is 9.92. The van der Waals surface area contributed by atoms with E-state index in [1.54, 1.807) is 42.7 Å². The third-order valence-electron chi connectivity index (χ3n) is 4.41. The number of aliphatic hydroxyl groups is 1. The number of aromatic nitrogens is 1. The fourth-order valence-electron chi connectivity index (χ4n) is 3.09. The molecule has 1 aliphatic heterocycles. The SMILES string of the molecule is CCCCN1C(=O)C(=O)/C(=C(\O)c2ccc(Br)cc2)C1c1cccnc1. The molecule has 6 heteroatoms. The minimum atomic E-state index is -0.657. The van der Waals surface area contributed by atoms with E-state index in [-0.39, 0.29) is 11.3 Å². The van der Waals surface area contributed by atoms with Gasteiger partial charge in [0.1, 0.15) is 5.76 Å². The zero-order valence-corrected chi connectivity index (χ0v) is 15.9. The lowest BCUT2D eigenvalue weighted by Gasteiger charge is -2.24. The number of carbonyl (C=O) groups excluding carboxylic acids is 2. The van der Waals surface area contributed by atoms with Gasteiger partial charge in [-0.05, 0) is 30.2 Å². The Hall–Kier alpha value is -2.47. The maximum Gasteiger partial charge on any atom is 0.295 e. The fourth-order valence-corrected chi connectivity index (χ4v) is 3.35. The van der Waals surface area contributed by atoms with Crippen LogP contribution in [-0.2, 0) is 9.59 Å². The molecule has 3 rings (SSSR count). The second-order valence-corrected chi connectivity index (χ2v) is 7.05. The van der Waals surface area contributed by atoms with Gasteiger partial charge in [-0.3, -0.25) is 14.6 Å². The molecule has 0 spiro atoms.